The summed E-state index contributed by atoms with van der Waals surface area (Å²) in [5.74, 6) is -0.558. The van der Waals surface area contributed by atoms with Gasteiger partial charge in [-0.25, -0.2) is 4.98 Å². The number of aromatic nitrogens is 1. The van der Waals surface area contributed by atoms with E-state index in [1.807, 2.05) is 0 Å². The molecule has 1 saturated carbocycles. The zero-order valence-corrected chi connectivity index (χ0v) is 11.3. The van der Waals surface area contributed by atoms with E-state index in [2.05, 4.69) is 10.3 Å². The number of nitrogens with one attached hydrogen (secondary N) is 1. The number of pyridine rings is 1. The second-order valence-corrected chi connectivity index (χ2v) is 5.08. The first-order valence-corrected chi connectivity index (χ1v) is 6.65. The Labute approximate surface area is 120 Å². The summed E-state index contributed by atoms with van der Waals surface area (Å²) in [5, 5.41) is 23.0. The standard InChI is InChI=1S/C12H14ClN3O4/c13-11-8(5-7(6-14-11)16(19)20)12(18)15-9-3-1-2-4-10(9)17/h5-6,9-10,17H,1-4H2,(H,15,18)/t9-,10-/m0/s1. The molecule has 2 atom stereocenters. The molecule has 1 aromatic heterocycles. The Morgan fingerprint density at radius 1 is 1.50 bits per heavy atom. The van der Waals surface area contributed by atoms with E-state index in [1.54, 1.807) is 0 Å². The summed E-state index contributed by atoms with van der Waals surface area (Å²) in [4.78, 5) is 25.8. The van der Waals surface area contributed by atoms with Gasteiger partial charge in [-0.2, -0.15) is 0 Å². The van der Waals surface area contributed by atoms with Crippen molar-refractivity contribution in [2.75, 3.05) is 0 Å². The van der Waals surface area contributed by atoms with Crippen molar-refractivity contribution in [2.24, 2.45) is 0 Å². The molecule has 8 heteroatoms. The third kappa shape index (κ3) is 3.23. The smallest absolute Gasteiger partial charge is 0.288 e. The zero-order chi connectivity index (χ0) is 14.7. The van der Waals surface area contributed by atoms with E-state index in [0.717, 1.165) is 25.1 Å². The number of nitrogens with zero attached hydrogens (tertiary/aromatic N) is 2. The third-order valence-electron chi connectivity index (χ3n) is 3.33. The van der Waals surface area contributed by atoms with Gasteiger partial charge in [-0.15, -0.1) is 0 Å². The van der Waals surface area contributed by atoms with Crippen LogP contribution in [0.15, 0.2) is 12.3 Å². The van der Waals surface area contributed by atoms with Gasteiger partial charge in [0, 0.05) is 6.07 Å². The van der Waals surface area contributed by atoms with Gasteiger partial charge < -0.3 is 10.4 Å². The fourth-order valence-electron chi connectivity index (χ4n) is 2.22. The molecule has 1 aliphatic rings. The van der Waals surface area contributed by atoms with Crippen LogP contribution in [0, 0.1) is 10.1 Å². The van der Waals surface area contributed by atoms with Gasteiger partial charge >= 0.3 is 0 Å². The quantitative estimate of drug-likeness (QED) is 0.502. The first-order chi connectivity index (χ1) is 9.49. The Hall–Kier alpha value is -1.73. The van der Waals surface area contributed by atoms with Crippen LogP contribution in [0.4, 0.5) is 5.69 Å². The molecule has 0 unspecified atom stereocenters. The van der Waals surface area contributed by atoms with E-state index >= 15 is 0 Å². The second-order valence-electron chi connectivity index (χ2n) is 4.72. The van der Waals surface area contributed by atoms with Crippen LogP contribution in [0.25, 0.3) is 0 Å². The molecule has 108 valence electrons. The van der Waals surface area contributed by atoms with Crippen molar-refractivity contribution in [3.05, 3.63) is 33.1 Å². The van der Waals surface area contributed by atoms with Gasteiger partial charge in [0.25, 0.3) is 11.6 Å². The highest BCUT2D eigenvalue weighted by Crippen LogP contribution is 2.22. The molecule has 20 heavy (non-hydrogen) atoms. The van der Waals surface area contributed by atoms with Gasteiger partial charge in [0.15, 0.2) is 0 Å². The molecule has 0 radical (unpaired) electrons. The van der Waals surface area contributed by atoms with E-state index < -0.39 is 16.9 Å². The van der Waals surface area contributed by atoms with Crippen molar-refractivity contribution in [1.29, 1.82) is 0 Å². The summed E-state index contributed by atoms with van der Waals surface area (Å²) in [5.41, 5.74) is -0.359. The number of hydrogen-bond acceptors (Lipinski definition) is 5. The number of hydrogen-bond donors (Lipinski definition) is 2. The molecule has 1 aromatic rings. The van der Waals surface area contributed by atoms with Crippen LogP contribution in [0.2, 0.25) is 5.15 Å². The number of halogens is 1. The fourth-order valence-corrected chi connectivity index (χ4v) is 2.41. The van der Waals surface area contributed by atoms with E-state index in [-0.39, 0.29) is 22.4 Å². The molecular weight excluding hydrogens is 286 g/mol. The third-order valence-corrected chi connectivity index (χ3v) is 3.63. The molecule has 0 aliphatic heterocycles. The van der Waals surface area contributed by atoms with Crippen LogP contribution in [0.5, 0.6) is 0 Å². The van der Waals surface area contributed by atoms with Gasteiger partial charge in [0.2, 0.25) is 0 Å². The number of rotatable bonds is 3. The molecule has 1 aliphatic carbocycles. The van der Waals surface area contributed by atoms with E-state index in [4.69, 9.17) is 11.6 Å². The highest BCUT2D eigenvalue weighted by molar-refractivity contribution is 6.32. The Morgan fingerprint density at radius 3 is 2.85 bits per heavy atom. The Morgan fingerprint density at radius 2 is 2.20 bits per heavy atom. The Balaban J connectivity index is 2.16. The van der Waals surface area contributed by atoms with Crippen molar-refractivity contribution in [3.63, 3.8) is 0 Å². The number of aliphatic hydroxyl groups is 1. The summed E-state index contributed by atoms with van der Waals surface area (Å²) >= 11 is 5.79. The molecule has 1 heterocycles. The Bertz CT molecular complexity index is 537. The zero-order valence-electron chi connectivity index (χ0n) is 10.6. The maximum atomic E-state index is 12.1. The predicted octanol–water partition coefficient (Wildman–Crippen LogP) is 1.68. The monoisotopic (exact) mass is 299 g/mol. The Kier molecular flexibility index (Phi) is 4.51. The first kappa shape index (κ1) is 14.7. The molecule has 0 aromatic carbocycles. The van der Waals surface area contributed by atoms with Crippen LogP contribution >= 0.6 is 11.6 Å². The van der Waals surface area contributed by atoms with Crippen LogP contribution in [-0.2, 0) is 0 Å². The lowest BCUT2D eigenvalue weighted by Gasteiger charge is -2.28. The molecule has 0 bridgehead atoms. The summed E-state index contributed by atoms with van der Waals surface area (Å²) in [7, 11) is 0. The molecular formula is C12H14ClN3O4. The maximum absolute atomic E-state index is 12.1. The minimum atomic E-state index is -0.643. The summed E-state index contributed by atoms with van der Waals surface area (Å²) in [6, 6.07) is 0.728. The van der Waals surface area contributed by atoms with Gasteiger partial charge in [0.05, 0.1) is 22.6 Å². The molecule has 1 fully saturated rings. The van der Waals surface area contributed by atoms with E-state index in [9.17, 15) is 20.0 Å². The summed E-state index contributed by atoms with van der Waals surface area (Å²) in [6.45, 7) is 0. The normalized spacial score (nSPS) is 22.3. The minimum Gasteiger partial charge on any atom is -0.391 e. The minimum absolute atomic E-state index is 0.0568. The number of carbonyl (C=O) groups is 1. The van der Waals surface area contributed by atoms with Crippen molar-refractivity contribution in [1.82, 2.24) is 10.3 Å². The lowest BCUT2D eigenvalue weighted by Crippen LogP contribution is -2.45. The van der Waals surface area contributed by atoms with E-state index in [1.165, 1.54) is 0 Å². The van der Waals surface area contributed by atoms with Crippen LogP contribution in [-0.4, -0.2) is 33.1 Å². The number of nitro groups is 1. The molecule has 0 spiro atoms. The van der Waals surface area contributed by atoms with Crippen LogP contribution in [0.1, 0.15) is 36.0 Å². The average molecular weight is 300 g/mol. The summed E-state index contributed by atoms with van der Waals surface area (Å²) < 4.78 is 0. The molecule has 2 rings (SSSR count). The highest BCUT2D eigenvalue weighted by Gasteiger charge is 2.26. The second kappa shape index (κ2) is 6.15. The number of aliphatic hydroxyl groups excluding tert-OH is 1. The van der Waals surface area contributed by atoms with Crippen molar-refractivity contribution >= 4 is 23.2 Å². The number of carbonyl (C=O) groups excluding carboxylic acids is 1. The maximum Gasteiger partial charge on any atom is 0.288 e. The predicted molar refractivity (Wildman–Crippen MR) is 71.6 cm³/mol. The lowest BCUT2D eigenvalue weighted by molar-refractivity contribution is -0.385. The topological polar surface area (TPSA) is 105 Å². The SMILES string of the molecule is O=C(N[C@H]1CCCC[C@@H]1O)c1cc([N+](=O)[O-])cnc1Cl. The van der Waals surface area contributed by atoms with Crippen molar-refractivity contribution in [3.8, 4) is 0 Å². The fraction of sp³-hybridized carbons (Fsp3) is 0.500. The molecule has 0 saturated heterocycles. The van der Waals surface area contributed by atoms with Crippen LogP contribution < -0.4 is 5.32 Å². The molecule has 7 nitrogen and oxygen atoms in total. The lowest BCUT2D eigenvalue weighted by atomic mass is 9.92. The molecule has 1 amide bonds. The van der Waals surface area contributed by atoms with Gasteiger partial charge in [-0.1, -0.05) is 24.4 Å². The summed E-state index contributed by atoms with van der Waals surface area (Å²) in [6.07, 6.45) is 3.54. The largest absolute Gasteiger partial charge is 0.391 e. The van der Waals surface area contributed by atoms with Crippen molar-refractivity contribution < 1.29 is 14.8 Å². The van der Waals surface area contributed by atoms with Crippen molar-refractivity contribution in [2.45, 2.75) is 37.8 Å². The van der Waals surface area contributed by atoms with Gasteiger partial charge in [0.1, 0.15) is 11.3 Å². The highest BCUT2D eigenvalue weighted by atomic mass is 35.5. The van der Waals surface area contributed by atoms with E-state index in [0.29, 0.717) is 12.8 Å². The van der Waals surface area contributed by atoms with Crippen LogP contribution in [0.3, 0.4) is 0 Å². The first-order valence-electron chi connectivity index (χ1n) is 6.28. The van der Waals surface area contributed by atoms with Gasteiger partial charge in [-0.3, -0.25) is 14.9 Å². The van der Waals surface area contributed by atoms with Gasteiger partial charge in [-0.05, 0) is 12.8 Å². The number of amides is 1. The molecule has 2 N–H and O–H groups in total. The average Bonchev–Trinajstić information content (AvgIpc) is 2.41.